The average Bonchev–Trinajstić information content (AvgIpc) is 2.32. The minimum Gasteiger partial charge on any atom is -0.477 e. The van der Waals surface area contributed by atoms with Gasteiger partial charge in [-0.05, 0) is 36.0 Å². The topological polar surface area (TPSA) is 53.1 Å². The number of carbonyl (C=O) groups is 1. The van der Waals surface area contributed by atoms with Gasteiger partial charge in [0.25, 0.3) is 0 Å². The number of hydrogen-bond acceptors (Lipinski definition) is 1. The lowest BCUT2D eigenvalue weighted by molar-refractivity contribution is 0.0690. The van der Waals surface area contributed by atoms with Crippen LogP contribution in [-0.4, -0.2) is 16.1 Å². The van der Waals surface area contributed by atoms with Crippen molar-refractivity contribution < 1.29 is 9.90 Å². The second kappa shape index (κ2) is 3.79. The minimum atomic E-state index is -0.921. The number of nitrogens with one attached hydrogen (secondary N) is 1. The average molecular weight is 244 g/mol. The molecule has 2 N–H and O–H groups in total. The van der Waals surface area contributed by atoms with Crippen molar-refractivity contribution in [2.45, 2.75) is 13.8 Å². The fourth-order valence-corrected chi connectivity index (χ4v) is 1.56. The molecule has 0 aliphatic carbocycles. The Morgan fingerprint density at radius 2 is 2.15 bits per heavy atom. The smallest absolute Gasteiger partial charge is 0.352 e. The normalized spacial score (nSPS) is 11.0. The first-order chi connectivity index (χ1) is 6.07. The van der Waals surface area contributed by atoms with Crippen LogP contribution in [0, 0.1) is 13.8 Å². The molecule has 70 valence electrons. The molecular formula is C9H10BrNO2. The summed E-state index contributed by atoms with van der Waals surface area (Å²) in [4.78, 5) is 15.3. The van der Waals surface area contributed by atoms with Gasteiger partial charge in [-0.3, -0.25) is 0 Å². The third-order valence-corrected chi connectivity index (χ3v) is 2.20. The van der Waals surface area contributed by atoms with Gasteiger partial charge in [0.1, 0.15) is 5.69 Å². The van der Waals surface area contributed by atoms with E-state index in [1.54, 1.807) is 11.9 Å². The van der Waals surface area contributed by atoms with E-state index in [-0.39, 0.29) is 5.69 Å². The first-order valence-electron chi connectivity index (χ1n) is 3.77. The van der Waals surface area contributed by atoms with Crippen molar-refractivity contribution in [2.75, 3.05) is 0 Å². The lowest BCUT2D eigenvalue weighted by Gasteiger charge is -1.92. The van der Waals surface area contributed by atoms with Crippen molar-refractivity contribution in [1.82, 2.24) is 4.98 Å². The molecule has 13 heavy (non-hydrogen) atoms. The van der Waals surface area contributed by atoms with Crippen LogP contribution in [-0.2, 0) is 0 Å². The van der Waals surface area contributed by atoms with Crippen LogP contribution in [0.3, 0.4) is 0 Å². The largest absolute Gasteiger partial charge is 0.477 e. The van der Waals surface area contributed by atoms with Gasteiger partial charge in [0.15, 0.2) is 0 Å². The molecule has 0 aliphatic rings. The third kappa shape index (κ3) is 1.83. The third-order valence-electron chi connectivity index (χ3n) is 1.94. The summed E-state index contributed by atoms with van der Waals surface area (Å²) in [6.45, 7) is 3.64. The van der Waals surface area contributed by atoms with E-state index in [9.17, 15) is 4.79 Å². The SMILES string of the molecule is Cc1[nH]c(C(=O)O)c(C)c1/C=C/Br. The molecule has 0 amide bonds. The van der Waals surface area contributed by atoms with Crippen molar-refractivity contribution in [3.63, 3.8) is 0 Å². The molecule has 0 bridgehead atoms. The highest BCUT2D eigenvalue weighted by atomic mass is 79.9. The van der Waals surface area contributed by atoms with Crippen LogP contribution in [0.25, 0.3) is 6.08 Å². The Kier molecular flexibility index (Phi) is 2.93. The molecule has 0 aromatic carbocycles. The van der Waals surface area contributed by atoms with Crippen LogP contribution in [0.15, 0.2) is 4.99 Å². The first-order valence-corrected chi connectivity index (χ1v) is 4.68. The number of carboxylic acid groups (broad SMARTS) is 1. The molecule has 0 radical (unpaired) electrons. The zero-order chi connectivity index (χ0) is 10.0. The predicted octanol–water partition coefficient (Wildman–Crippen LogP) is 2.70. The van der Waals surface area contributed by atoms with Gasteiger partial charge in [0.2, 0.25) is 0 Å². The van der Waals surface area contributed by atoms with Crippen molar-refractivity contribution in [1.29, 1.82) is 0 Å². The van der Waals surface area contributed by atoms with E-state index in [0.717, 1.165) is 16.8 Å². The molecule has 1 aromatic rings. The highest BCUT2D eigenvalue weighted by molar-refractivity contribution is 9.11. The highest BCUT2D eigenvalue weighted by Crippen LogP contribution is 2.19. The summed E-state index contributed by atoms with van der Waals surface area (Å²) in [7, 11) is 0. The lowest BCUT2D eigenvalue weighted by atomic mass is 10.1. The Hall–Kier alpha value is -1.03. The molecule has 0 atom stereocenters. The van der Waals surface area contributed by atoms with Crippen LogP contribution < -0.4 is 0 Å². The molecule has 0 unspecified atom stereocenters. The number of aromatic amines is 1. The molecular weight excluding hydrogens is 234 g/mol. The summed E-state index contributed by atoms with van der Waals surface area (Å²) in [5.41, 5.74) is 2.82. The number of aromatic carboxylic acids is 1. The maximum atomic E-state index is 10.7. The number of hydrogen-bond donors (Lipinski definition) is 2. The van der Waals surface area contributed by atoms with E-state index < -0.39 is 5.97 Å². The quantitative estimate of drug-likeness (QED) is 0.840. The number of carboxylic acids is 1. The van der Waals surface area contributed by atoms with Crippen molar-refractivity contribution >= 4 is 28.0 Å². The summed E-state index contributed by atoms with van der Waals surface area (Å²) in [6, 6.07) is 0. The molecule has 0 spiro atoms. The van der Waals surface area contributed by atoms with Gasteiger partial charge in [-0.2, -0.15) is 0 Å². The Labute approximate surface area is 84.6 Å². The van der Waals surface area contributed by atoms with Gasteiger partial charge in [-0.25, -0.2) is 4.79 Å². The highest BCUT2D eigenvalue weighted by Gasteiger charge is 2.13. The van der Waals surface area contributed by atoms with Gasteiger partial charge in [-0.15, -0.1) is 0 Å². The van der Waals surface area contributed by atoms with Crippen LogP contribution in [0.5, 0.6) is 0 Å². The molecule has 1 aromatic heterocycles. The molecule has 0 aliphatic heterocycles. The Balaban J connectivity index is 3.30. The van der Waals surface area contributed by atoms with Gasteiger partial charge < -0.3 is 10.1 Å². The predicted molar refractivity (Wildman–Crippen MR) is 55.2 cm³/mol. The molecule has 1 heterocycles. The summed E-state index contributed by atoms with van der Waals surface area (Å²) in [6.07, 6.45) is 1.83. The Morgan fingerprint density at radius 3 is 2.54 bits per heavy atom. The van der Waals surface area contributed by atoms with Gasteiger partial charge >= 0.3 is 5.97 Å². The second-order valence-corrected chi connectivity index (χ2v) is 3.29. The van der Waals surface area contributed by atoms with Crippen LogP contribution in [0.4, 0.5) is 0 Å². The first kappa shape index (κ1) is 10.1. The summed E-state index contributed by atoms with van der Waals surface area (Å²) < 4.78 is 0. The van der Waals surface area contributed by atoms with Gasteiger partial charge in [0, 0.05) is 5.69 Å². The van der Waals surface area contributed by atoms with Crippen molar-refractivity contribution in [3.05, 3.63) is 27.5 Å². The fourth-order valence-electron chi connectivity index (χ4n) is 1.29. The van der Waals surface area contributed by atoms with Crippen molar-refractivity contribution in [2.24, 2.45) is 0 Å². The number of rotatable bonds is 2. The van der Waals surface area contributed by atoms with Gasteiger partial charge in [0.05, 0.1) is 0 Å². The van der Waals surface area contributed by atoms with E-state index in [0.29, 0.717) is 0 Å². The summed E-state index contributed by atoms with van der Waals surface area (Å²) >= 11 is 3.16. The monoisotopic (exact) mass is 243 g/mol. The Bertz CT molecular complexity index is 366. The standard InChI is InChI=1S/C9H10BrNO2/c1-5-7(3-4-10)6(2)11-8(5)9(12)13/h3-4,11H,1-2H3,(H,12,13)/b4-3+. The molecule has 0 fully saturated rings. The number of aryl methyl sites for hydroxylation is 1. The lowest BCUT2D eigenvalue weighted by Crippen LogP contribution is -1.98. The van der Waals surface area contributed by atoms with E-state index in [1.807, 2.05) is 13.0 Å². The van der Waals surface area contributed by atoms with Crippen LogP contribution in [0.2, 0.25) is 0 Å². The van der Waals surface area contributed by atoms with E-state index in [4.69, 9.17) is 5.11 Å². The maximum absolute atomic E-state index is 10.7. The molecule has 0 saturated carbocycles. The molecule has 1 rings (SSSR count). The number of aromatic nitrogens is 1. The Morgan fingerprint density at radius 1 is 1.54 bits per heavy atom. The summed E-state index contributed by atoms with van der Waals surface area (Å²) in [5, 5.41) is 8.80. The fraction of sp³-hybridized carbons (Fsp3) is 0.222. The second-order valence-electron chi connectivity index (χ2n) is 2.76. The van der Waals surface area contributed by atoms with Crippen molar-refractivity contribution in [3.8, 4) is 0 Å². The van der Waals surface area contributed by atoms with Crippen LogP contribution >= 0.6 is 15.9 Å². The number of halogens is 1. The van der Waals surface area contributed by atoms with E-state index in [2.05, 4.69) is 20.9 Å². The minimum absolute atomic E-state index is 0.262. The van der Waals surface area contributed by atoms with Gasteiger partial charge in [-0.1, -0.05) is 15.9 Å². The molecule has 3 nitrogen and oxygen atoms in total. The maximum Gasteiger partial charge on any atom is 0.352 e. The van der Waals surface area contributed by atoms with E-state index in [1.165, 1.54) is 0 Å². The zero-order valence-corrected chi connectivity index (χ0v) is 8.97. The summed E-state index contributed by atoms with van der Waals surface area (Å²) in [5.74, 6) is -0.921. The number of H-pyrrole nitrogens is 1. The molecule has 4 heteroatoms. The van der Waals surface area contributed by atoms with E-state index >= 15 is 0 Å². The molecule has 0 saturated heterocycles. The zero-order valence-electron chi connectivity index (χ0n) is 7.39. The van der Waals surface area contributed by atoms with Crippen LogP contribution in [0.1, 0.15) is 27.3 Å².